The number of hydrogen-bond donors (Lipinski definition) is 3. The van der Waals surface area contributed by atoms with Gasteiger partial charge in [-0.3, -0.25) is 10.2 Å². The summed E-state index contributed by atoms with van der Waals surface area (Å²) >= 11 is 0. The van der Waals surface area contributed by atoms with Gasteiger partial charge in [0.25, 0.3) is 0 Å². The molecule has 4 rings (SSSR count). The van der Waals surface area contributed by atoms with Crippen LogP contribution in [-0.4, -0.2) is 48.5 Å². The monoisotopic (exact) mass is 435 g/mol. The number of nitrogens with zero attached hydrogens (tertiary/aromatic N) is 2. The molecule has 32 heavy (non-hydrogen) atoms. The lowest BCUT2D eigenvalue weighted by atomic mass is 10.1. The van der Waals surface area contributed by atoms with Crippen molar-refractivity contribution in [3.8, 4) is 5.75 Å². The SMILES string of the molecule is COc1ccc(CN2C([C@@H](C)NC(=O)C3CCCN3)=NNC2CCc2ccccc2)cc1. The highest BCUT2D eigenvalue weighted by Gasteiger charge is 2.33. The number of ether oxygens (including phenoxy) is 1. The minimum atomic E-state index is -0.183. The van der Waals surface area contributed by atoms with E-state index in [1.54, 1.807) is 7.11 Å². The van der Waals surface area contributed by atoms with Gasteiger partial charge in [0.05, 0.1) is 19.2 Å². The van der Waals surface area contributed by atoms with Crippen LogP contribution in [0.15, 0.2) is 59.7 Å². The lowest BCUT2D eigenvalue weighted by Crippen LogP contribution is -2.51. The van der Waals surface area contributed by atoms with Crippen molar-refractivity contribution in [2.24, 2.45) is 5.10 Å². The first-order valence-corrected chi connectivity index (χ1v) is 11.4. The molecule has 3 atom stereocenters. The van der Waals surface area contributed by atoms with Crippen molar-refractivity contribution in [1.82, 2.24) is 21.0 Å². The van der Waals surface area contributed by atoms with E-state index in [-0.39, 0.29) is 24.2 Å². The van der Waals surface area contributed by atoms with Gasteiger partial charge in [0.2, 0.25) is 5.91 Å². The Morgan fingerprint density at radius 3 is 2.66 bits per heavy atom. The molecule has 3 N–H and O–H groups in total. The second kappa shape index (κ2) is 10.5. The highest BCUT2D eigenvalue weighted by atomic mass is 16.5. The molecule has 2 aromatic carbocycles. The molecule has 0 aromatic heterocycles. The van der Waals surface area contributed by atoms with Crippen LogP contribution in [0.4, 0.5) is 0 Å². The zero-order valence-electron chi connectivity index (χ0n) is 18.9. The van der Waals surface area contributed by atoms with Gasteiger partial charge in [0, 0.05) is 6.54 Å². The Balaban J connectivity index is 1.46. The number of hydrogen-bond acceptors (Lipinski definition) is 6. The Kier molecular flexibility index (Phi) is 7.27. The molecule has 2 aliphatic heterocycles. The predicted octanol–water partition coefficient (Wildman–Crippen LogP) is 2.63. The van der Waals surface area contributed by atoms with Crippen LogP contribution >= 0.6 is 0 Å². The van der Waals surface area contributed by atoms with E-state index in [9.17, 15) is 4.79 Å². The second-order valence-corrected chi connectivity index (χ2v) is 8.49. The summed E-state index contributed by atoms with van der Waals surface area (Å²) in [7, 11) is 1.67. The Morgan fingerprint density at radius 2 is 1.97 bits per heavy atom. The molecule has 7 nitrogen and oxygen atoms in total. The number of hydrazone groups is 1. The van der Waals surface area contributed by atoms with Crippen molar-refractivity contribution >= 4 is 11.7 Å². The summed E-state index contributed by atoms with van der Waals surface area (Å²) in [5.74, 6) is 1.76. The van der Waals surface area contributed by atoms with Gasteiger partial charge in [0.15, 0.2) is 0 Å². The predicted molar refractivity (Wildman–Crippen MR) is 126 cm³/mol. The largest absolute Gasteiger partial charge is 0.497 e. The lowest BCUT2D eigenvalue weighted by molar-refractivity contribution is -0.123. The Hall–Kier alpha value is -3.06. The maximum absolute atomic E-state index is 12.7. The number of carbonyl (C=O) groups is 1. The third kappa shape index (κ3) is 5.40. The molecular weight excluding hydrogens is 402 g/mol. The van der Waals surface area contributed by atoms with Crippen LogP contribution in [0.5, 0.6) is 5.75 Å². The van der Waals surface area contributed by atoms with Crippen molar-refractivity contribution in [1.29, 1.82) is 0 Å². The van der Waals surface area contributed by atoms with E-state index < -0.39 is 0 Å². The number of amides is 1. The Morgan fingerprint density at radius 1 is 1.19 bits per heavy atom. The van der Waals surface area contributed by atoms with Crippen LogP contribution in [0.25, 0.3) is 0 Å². The number of nitrogens with one attached hydrogen (secondary N) is 3. The number of aryl methyl sites for hydroxylation is 1. The summed E-state index contributed by atoms with van der Waals surface area (Å²) in [5.41, 5.74) is 5.79. The van der Waals surface area contributed by atoms with Crippen molar-refractivity contribution in [2.75, 3.05) is 13.7 Å². The van der Waals surface area contributed by atoms with Crippen LogP contribution in [0.2, 0.25) is 0 Å². The minimum absolute atomic E-state index is 0.0508. The van der Waals surface area contributed by atoms with Crippen LogP contribution < -0.4 is 20.8 Å². The zero-order valence-corrected chi connectivity index (χ0v) is 18.9. The average molecular weight is 436 g/mol. The Labute approximate surface area is 190 Å². The molecule has 0 aliphatic carbocycles. The lowest BCUT2D eigenvalue weighted by Gasteiger charge is -2.30. The van der Waals surface area contributed by atoms with Gasteiger partial charge in [-0.25, -0.2) is 0 Å². The van der Waals surface area contributed by atoms with E-state index in [0.717, 1.165) is 43.8 Å². The first kappa shape index (κ1) is 22.1. The molecule has 0 saturated carbocycles. The summed E-state index contributed by atoms with van der Waals surface area (Å²) in [6, 6.07) is 18.3. The van der Waals surface area contributed by atoms with E-state index in [0.29, 0.717) is 6.54 Å². The van der Waals surface area contributed by atoms with E-state index in [2.05, 4.69) is 62.5 Å². The third-order valence-electron chi connectivity index (χ3n) is 6.18. The van der Waals surface area contributed by atoms with Crippen LogP contribution in [0, 0.1) is 0 Å². The topological polar surface area (TPSA) is 78.0 Å². The molecule has 2 aliphatic rings. The molecule has 170 valence electrons. The summed E-state index contributed by atoms with van der Waals surface area (Å²) in [4.78, 5) is 14.9. The van der Waals surface area contributed by atoms with Gasteiger partial charge in [-0.05, 0) is 62.4 Å². The fourth-order valence-electron chi connectivity index (χ4n) is 4.35. The molecule has 2 aromatic rings. The first-order chi connectivity index (χ1) is 15.6. The molecule has 0 bridgehead atoms. The molecule has 7 heteroatoms. The second-order valence-electron chi connectivity index (χ2n) is 8.49. The van der Waals surface area contributed by atoms with Gasteiger partial charge in [-0.2, -0.15) is 5.10 Å². The highest BCUT2D eigenvalue weighted by Crippen LogP contribution is 2.20. The quantitative estimate of drug-likeness (QED) is 0.564. The number of methoxy groups -OCH3 is 1. The average Bonchev–Trinajstić information content (AvgIpc) is 3.49. The summed E-state index contributed by atoms with van der Waals surface area (Å²) in [6.07, 6.45) is 3.86. The molecular formula is C25H33N5O2. The maximum atomic E-state index is 12.7. The maximum Gasteiger partial charge on any atom is 0.237 e. The smallest absolute Gasteiger partial charge is 0.237 e. The fourth-order valence-corrected chi connectivity index (χ4v) is 4.35. The van der Waals surface area contributed by atoms with Crippen molar-refractivity contribution in [2.45, 2.75) is 57.4 Å². The van der Waals surface area contributed by atoms with Gasteiger partial charge in [-0.15, -0.1) is 0 Å². The van der Waals surface area contributed by atoms with Crippen molar-refractivity contribution in [3.63, 3.8) is 0 Å². The van der Waals surface area contributed by atoms with E-state index in [1.165, 1.54) is 11.1 Å². The van der Waals surface area contributed by atoms with Crippen LogP contribution in [0.3, 0.4) is 0 Å². The van der Waals surface area contributed by atoms with Gasteiger partial charge in [-0.1, -0.05) is 42.5 Å². The first-order valence-electron chi connectivity index (χ1n) is 11.4. The highest BCUT2D eigenvalue weighted by molar-refractivity contribution is 5.93. The van der Waals surface area contributed by atoms with E-state index in [1.807, 2.05) is 25.1 Å². The fraction of sp³-hybridized carbons (Fsp3) is 0.440. The Bertz CT molecular complexity index is 910. The molecule has 2 unspecified atom stereocenters. The van der Waals surface area contributed by atoms with Gasteiger partial charge < -0.3 is 20.3 Å². The van der Waals surface area contributed by atoms with E-state index in [4.69, 9.17) is 4.74 Å². The van der Waals surface area contributed by atoms with Crippen LogP contribution in [-0.2, 0) is 17.8 Å². The molecule has 0 spiro atoms. The number of amidine groups is 1. The van der Waals surface area contributed by atoms with Gasteiger partial charge in [0.1, 0.15) is 17.8 Å². The summed E-state index contributed by atoms with van der Waals surface area (Å²) in [5, 5.41) is 11.1. The standard InChI is InChI=1S/C25H33N5O2/c1-18(27-25(31)22-9-6-16-26-22)24-29-28-23(15-12-19-7-4-3-5-8-19)30(24)17-20-10-13-21(32-2)14-11-20/h3-5,7-8,10-11,13-14,18,22-23,26,28H,6,9,12,15-17H2,1-2H3,(H,27,31)/t18-,22?,23?/m1/s1. The zero-order chi connectivity index (χ0) is 22.3. The normalized spacial score (nSPS) is 21.1. The molecule has 1 fully saturated rings. The molecule has 1 amide bonds. The summed E-state index contributed by atoms with van der Waals surface area (Å²) in [6.45, 7) is 3.62. The van der Waals surface area contributed by atoms with Crippen molar-refractivity contribution in [3.05, 3.63) is 65.7 Å². The van der Waals surface area contributed by atoms with Crippen molar-refractivity contribution < 1.29 is 9.53 Å². The molecule has 2 heterocycles. The van der Waals surface area contributed by atoms with Crippen LogP contribution in [0.1, 0.15) is 37.3 Å². The van der Waals surface area contributed by atoms with Gasteiger partial charge >= 0.3 is 0 Å². The number of rotatable bonds is 9. The molecule has 0 radical (unpaired) electrons. The summed E-state index contributed by atoms with van der Waals surface area (Å²) < 4.78 is 5.30. The number of carbonyl (C=O) groups excluding carboxylic acids is 1. The molecule has 1 saturated heterocycles. The van der Waals surface area contributed by atoms with E-state index >= 15 is 0 Å². The minimum Gasteiger partial charge on any atom is -0.497 e. The third-order valence-corrected chi connectivity index (χ3v) is 6.18. The number of benzene rings is 2.